The van der Waals surface area contributed by atoms with Crippen LogP contribution in [0.5, 0.6) is 0 Å². The summed E-state index contributed by atoms with van der Waals surface area (Å²) in [5.41, 5.74) is 0.966. The molecule has 0 spiro atoms. The van der Waals surface area contributed by atoms with Crippen LogP contribution in [0.4, 0.5) is 8.78 Å². The molecule has 0 fully saturated rings. The van der Waals surface area contributed by atoms with E-state index in [0.29, 0.717) is 5.52 Å². The highest BCUT2D eigenvalue weighted by Gasteiger charge is 2.14. The van der Waals surface area contributed by atoms with Crippen molar-refractivity contribution in [3.63, 3.8) is 0 Å². The zero-order valence-electron chi connectivity index (χ0n) is 10.6. The van der Waals surface area contributed by atoms with Gasteiger partial charge in [-0.25, -0.2) is 18.3 Å². The molecular weight excluding hydrogens is 280 g/mol. The maximum atomic E-state index is 13.7. The normalized spacial score (nSPS) is 11.0. The number of hydrogen-bond acceptors (Lipinski definition) is 3. The molecule has 1 heterocycles. The highest BCUT2D eigenvalue weighted by molar-refractivity contribution is 6.00. The Bertz CT molecular complexity index is 845. The Balaban J connectivity index is 2.06. The van der Waals surface area contributed by atoms with Crippen molar-refractivity contribution >= 4 is 17.0 Å². The monoisotopic (exact) mass is 289 g/mol. The van der Waals surface area contributed by atoms with Gasteiger partial charge in [0.2, 0.25) is 0 Å². The van der Waals surface area contributed by atoms with Gasteiger partial charge in [-0.15, -0.1) is 5.10 Å². The number of rotatable bonds is 3. The molecule has 0 radical (unpaired) electrons. The standard InChI is InChI=1S/C14H9F2N3O2/c15-9-5-4-8(11(16)6-9)7-19-12-3-1-2-10(14(20)21)13(12)17-18-19/h1-6H,7H2,(H,20,21). The molecule has 5 nitrogen and oxygen atoms in total. The van der Waals surface area contributed by atoms with Crippen molar-refractivity contribution in [2.24, 2.45) is 0 Å². The Morgan fingerprint density at radius 1 is 1.24 bits per heavy atom. The molecule has 1 N–H and O–H groups in total. The fraction of sp³-hybridized carbons (Fsp3) is 0.0714. The summed E-state index contributed by atoms with van der Waals surface area (Å²) in [6.45, 7) is 0.0334. The van der Waals surface area contributed by atoms with Crippen LogP contribution in [0.25, 0.3) is 11.0 Å². The molecule has 0 aliphatic heterocycles. The number of benzene rings is 2. The van der Waals surface area contributed by atoms with Crippen LogP contribution in [0.3, 0.4) is 0 Å². The van der Waals surface area contributed by atoms with Crippen LogP contribution >= 0.6 is 0 Å². The van der Waals surface area contributed by atoms with Gasteiger partial charge >= 0.3 is 5.97 Å². The summed E-state index contributed by atoms with van der Waals surface area (Å²) >= 11 is 0. The van der Waals surface area contributed by atoms with Crippen LogP contribution in [-0.4, -0.2) is 26.1 Å². The Hall–Kier alpha value is -2.83. The Morgan fingerprint density at radius 2 is 2.05 bits per heavy atom. The fourth-order valence-electron chi connectivity index (χ4n) is 2.09. The lowest BCUT2D eigenvalue weighted by Crippen LogP contribution is -2.04. The van der Waals surface area contributed by atoms with Crippen LogP contribution in [0.15, 0.2) is 36.4 Å². The first kappa shape index (κ1) is 13.2. The molecule has 106 valence electrons. The number of carbonyl (C=O) groups is 1. The van der Waals surface area contributed by atoms with Crippen LogP contribution in [0.1, 0.15) is 15.9 Å². The third kappa shape index (κ3) is 2.33. The summed E-state index contributed by atoms with van der Waals surface area (Å²) in [7, 11) is 0. The lowest BCUT2D eigenvalue weighted by molar-refractivity contribution is 0.0699. The van der Waals surface area contributed by atoms with Crippen molar-refractivity contribution in [2.75, 3.05) is 0 Å². The number of carboxylic acid groups (broad SMARTS) is 1. The van der Waals surface area contributed by atoms with Gasteiger partial charge in [0.1, 0.15) is 17.2 Å². The van der Waals surface area contributed by atoms with E-state index in [4.69, 9.17) is 5.11 Å². The first-order valence-electron chi connectivity index (χ1n) is 6.05. The maximum Gasteiger partial charge on any atom is 0.338 e. The predicted octanol–water partition coefficient (Wildman–Crippen LogP) is 2.46. The van der Waals surface area contributed by atoms with E-state index in [-0.39, 0.29) is 23.2 Å². The minimum absolute atomic E-state index is 0.0262. The summed E-state index contributed by atoms with van der Waals surface area (Å²) < 4.78 is 27.9. The molecule has 0 atom stereocenters. The lowest BCUT2D eigenvalue weighted by Gasteiger charge is -2.04. The third-order valence-corrected chi connectivity index (χ3v) is 3.11. The van der Waals surface area contributed by atoms with Crippen LogP contribution in [0, 0.1) is 11.6 Å². The van der Waals surface area contributed by atoms with Crippen molar-refractivity contribution in [1.29, 1.82) is 0 Å². The molecule has 0 saturated heterocycles. The van der Waals surface area contributed by atoms with Gasteiger partial charge in [-0.2, -0.15) is 0 Å². The average Bonchev–Trinajstić information content (AvgIpc) is 2.85. The molecule has 3 rings (SSSR count). The Kier molecular flexibility index (Phi) is 3.09. The van der Waals surface area contributed by atoms with Gasteiger partial charge in [0.05, 0.1) is 17.6 Å². The van der Waals surface area contributed by atoms with Crippen molar-refractivity contribution < 1.29 is 18.7 Å². The van der Waals surface area contributed by atoms with E-state index in [1.54, 1.807) is 12.1 Å². The van der Waals surface area contributed by atoms with Crippen LogP contribution in [0.2, 0.25) is 0 Å². The molecule has 0 unspecified atom stereocenters. The van der Waals surface area contributed by atoms with Gasteiger partial charge in [0, 0.05) is 11.6 Å². The number of aromatic carboxylic acids is 1. The predicted molar refractivity (Wildman–Crippen MR) is 69.9 cm³/mol. The van der Waals surface area contributed by atoms with E-state index in [1.165, 1.54) is 16.8 Å². The number of fused-ring (bicyclic) bond motifs is 1. The second kappa shape index (κ2) is 4.93. The maximum absolute atomic E-state index is 13.7. The van der Waals surface area contributed by atoms with E-state index in [0.717, 1.165) is 12.1 Å². The molecule has 0 bridgehead atoms. The van der Waals surface area contributed by atoms with Gasteiger partial charge in [0.15, 0.2) is 0 Å². The van der Waals surface area contributed by atoms with Crippen molar-refractivity contribution in [3.05, 3.63) is 59.2 Å². The van der Waals surface area contributed by atoms with E-state index >= 15 is 0 Å². The van der Waals surface area contributed by atoms with Crippen molar-refractivity contribution in [2.45, 2.75) is 6.54 Å². The number of carboxylic acids is 1. The second-order valence-corrected chi connectivity index (χ2v) is 4.46. The number of aromatic nitrogens is 3. The molecule has 0 aliphatic carbocycles. The Morgan fingerprint density at radius 3 is 2.76 bits per heavy atom. The first-order chi connectivity index (χ1) is 10.1. The zero-order valence-corrected chi connectivity index (χ0v) is 10.6. The molecule has 3 aromatic rings. The number of nitrogens with zero attached hydrogens (tertiary/aromatic N) is 3. The van der Waals surface area contributed by atoms with Gasteiger partial charge in [0.25, 0.3) is 0 Å². The number of hydrogen-bond donors (Lipinski definition) is 1. The first-order valence-corrected chi connectivity index (χ1v) is 6.05. The van der Waals surface area contributed by atoms with Gasteiger partial charge in [-0.05, 0) is 18.2 Å². The molecule has 1 aromatic heterocycles. The third-order valence-electron chi connectivity index (χ3n) is 3.11. The van der Waals surface area contributed by atoms with Crippen LogP contribution < -0.4 is 0 Å². The molecule has 0 aliphatic rings. The van der Waals surface area contributed by atoms with Gasteiger partial charge in [-0.3, -0.25) is 0 Å². The molecule has 2 aromatic carbocycles. The van der Waals surface area contributed by atoms with Gasteiger partial charge in [-0.1, -0.05) is 17.3 Å². The summed E-state index contributed by atoms with van der Waals surface area (Å²) in [4.78, 5) is 11.1. The average molecular weight is 289 g/mol. The largest absolute Gasteiger partial charge is 0.478 e. The lowest BCUT2D eigenvalue weighted by atomic mass is 10.1. The summed E-state index contributed by atoms with van der Waals surface area (Å²) in [6.07, 6.45) is 0. The minimum atomic E-state index is -1.11. The SMILES string of the molecule is O=C(O)c1cccc2c1nnn2Cc1ccc(F)cc1F. The summed E-state index contributed by atoms with van der Waals surface area (Å²) in [5.74, 6) is -2.46. The Labute approximate surface area is 117 Å². The van der Waals surface area contributed by atoms with Crippen molar-refractivity contribution in [3.8, 4) is 0 Å². The topological polar surface area (TPSA) is 68.0 Å². The highest BCUT2D eigenvalue weighted by Crippen LogP contribution is 2.18. The molecular formula is C14H9F2N3O2. The van der Waals surface area contributed by atoms with E-state index in [2.05, 4.69) is 10.3 Å². The zero-order chi connectivity index (χ0) is 15.0. The van der Waals surface area contributed by atoms with E-state index < -0.39 is 17.6 Å². The summed E-state index contributed by atoms with van der Waals surface area (Å²) in [5, 5.41) is 16.7. The smallest absolute Gasteiger partial charge is 0.338 e. The van der Waals surface area contributed by atoms with Crippen LogP contribution in [-0.2, 0) is 6.54 Å². The molecule has 0 saturated carbocycles. The number of halogens is 2. The molecule has 21 heavy (non-hydrogen) atoms. The quantitative estimate of drug-likeness (QED) is 0.804. The molecule has 7 heteroatoms. The van der Waals surface area contributed by atoms with Crippen molar-refractivity contribution in [1.82, 2.24) is 15.0 Å². The molecule has 0 amide bonds. The van der Waals surface area contributed by atoms with Gasteiger partial charge < -0.3 is 5.11 Å². The van der Waals surface area contributed by atoms with E-state index in [1.807, 2.05) is 0 Å². The second-order valence-electron chi connectivity index (χ2n) is 4.46. The summed E-state index contributed by atoms with van der Waals surface area (Å²) in [6, 6.07) is 7.88. The highest BCUT2D eigenvalue weighted by atomic mass is 19.1. The minimum Gasteiger partial charge on any atom is -0.478 e. The fourth-order valence-corrected chi connectivity index (χ4v) is 2.09. The van der Waals surface area contributed by atoms with E-state index in [9.17, 15) is 13.6 Å².